The predicted molar refractivity (Wildman–Crippen MR) is 375 cm³/mol. The summed E-state index contributed by atoms with van der Waals surface area (Å²) in [6.07, 6.45) is 95.7. The molecule has 0 aromatic heterocycles. The Kier molecular flexibility index (Phi) is 73.3. The van der Waals surface area contributed by atoms with Crippen molar-refractivity contribution in [2.24, 2.45) is 0 Å². The molecule has 0 aliphatic rings. The third-order valence-electron chi connectivity index (χ3n) is 18.5. The molecule has 504 valence electrons. The maximum Gasteiger partial charge on any atom is 0.305 e. The Balaban J connectivity index is 3.36. The van der Waals surface area contributed by atoms with E-state index in [0.717, 1.165) is 38.5 Å². The van der Waals surface area contributed by atoms with Crippen LogP contribution < -0.4 is 5.32 Å². The molecule has 85 heavy (non-hydrogen) atoms. The molecule has 1 amide bonds. The quantitative estimate of drug-likeness (QED) is 0.0320. The minimum Gasteiger partial charge on any atom is -0.466 e. The standard InChI is InChI=1S/C79H153NO5/c1-3-5-7-9-11-13-15-17-19-21-23-24-32-36-39-43-47-51-55-59-63-67-71-77(82)76(75-81)80-78(83)72-68-64-60-56-52-48-44-40-37-33-30-28-26-25-27-29-31-34-38-42-46-50-54-58-62-66-70-74-85-79(84)73-69-65-61-57-53-49-45-41-35-22-20-18-16-14-12-10-8-6-4-2/h18,20,67,71,76-77,81-82H,3-17,19,21-66,68-70,72-75H2,1-2H3,(H,80,83)/b20-18-,71-67+. The molecule has 0 aromatic carbocycles. The van der Waals surface area contributed by atoms with E-state index >= 15 is 0 Å². The fourth-order valence-corrected chi connectivity index (χ4v) is 12.5. The number of nitrogens with one attached hydrogen (secondary N) is 1. The predicted octanol–water partition coefficient (Wildman–Crippen LogP) is 25.7. The van der Waals surface area contributed by atoms with E-state index < -0.39 is 12.1 Å². The van der Waals surface area contributed by atoms with Crippen LogP contribution in [0, 0.1) is 0 Å². The molecule has 3 N–H and O–H groups in total. The zero-order chi connectivity index (χ0) is 61.3. The number of esters is 1. The summed E-state index contributed by atoms with van der Waals surface area (Å²) in [7, 11) is 0. The van der Waals surface area contributed by atoms with Gasteiger partial charge in [0.15, 0.2) is 0 Å². The lowest BCUT2D eigenvalue weighted by Gasteiger charge is -2.20. The van der Waals surface area contributed by atoms with Crippen molar-refractivity contribution in [3.8, 4) is 0 Å². The van der Waals surface area contributed by atoms with Gasteiger partial charge in [-0.1, -0.05) is 398 Å². The van der Waals surface area contributed by atoms with Gasteiger partial charge in [0.05, 0.1) is 25.4 Å². The summed E-state index contributed by atoms with van der Waals surface area (Å²) in [6.45, 7) is 4.95. The van der Waals surface area contributed by atoms with Crippen LogP contribution in [0.4, 0.5) is 0 Å². The van der Waals surface area contributed by atoms with Crippen molar-refractivity contribution < 1.29 is 24.5 Å². The first-order valence-corrected chi connectivity index (χ1v) is 39.1. The molecular formula is C79H153NO5. The van der Waals surface area contributed by atoms with Crippen LogP contribution in [0.5, 0.6) is 0 Å². The number of carbonyl (C=O) groups is 2. The molecule has 6 heteroatoms. The molecule has 2 unspecified atom stereocenters. The molecular weight excluding hydrogens is 1040 g/mol. The van der Waals surface area contributed by atoms with Crippen molar-refractivity contribution in [1.82, 2.24) is 5.32 Å². The van der Waals surface area contributed by atoms with E-state index in [1.54, 1.807) is 6.08 Å². The smallest absolute Gasteiger partial charge is 0.305 e. The Morgan fingerprint density at radius 2 is 0.553 bits per heavy atom. The number of hydrogen-bond acceptors (Lipinski definition) is 5. The third-order valence-corrected chi connectivity index (χ3v) is 18.5. The van der Waals surface area contributed by atoms with Gasteiger partial charge in [0.2, 0.25) is 5.91 Å². The van der Waals surface area contributed by atoms with Gasteiger partial charge in [-0.25, -0.2) is 0 Å². The van der Waals surface area contributed by atoms with Crippen molar-refractivity contribution in [3.05, 3.63) is 24.3 Å². The van der Waals surface area contributed by atoms with E-state index in [1.807, 2.05) is 6.08 Å². The minimum absolute atomic E-state index is 0.0184. The van der Waals surface area contributed by atoms with E-state index in [0.29, 0.717) is 19.4 Å². The Morgan fingerprint density at radius 1 is 0.318 bits per heavy atom. The highest BCUT2D eigenvalue weighted by Gasteiger charge is 2.18. The van der Waals surface area contributed by atoms with Gasteiger partial charge in [0, 0.05) is 12.8 Å². The molecule has 2 atom stereocenters. The Morgan fingerprint density at radius 3 is 0.835 bits per heavy atom. The molecule has 0 aliphatic heterocycles. The number of hydrogen-bond donors (Lipinski definition) is 3. The second kappa shape index (κ2) is 74.8. The Labute approximate surface area is 532 Å². The Bertz CT molecular complexity index is 1330. The van der Waals surface area contributed by atoms with Gasteiger partial charge < -0.3 is 20.3 Å². The highest BCUT2D eigenvalue weighted by atomic mass is 16.5. The highest BCUT2D eigenvalue weighted by Crippen LogP contribution is 2.20. The number of ether oxygens (including phenoxy) is 1. The van der Waals surface area contributed by atoms with Crippen molar-refractivity contribution in [2.45, 2.75) is 456 Å². The first-order chi connectivity index (χ1) is 42.0. The zero-order valence-corrected chi connectivity index (χ0v) is 57.9. The average molecular weight is 1200 g/mol. The number of aliphatic hydroxyl groups excluding tert-OH is 2. The molecule has 0 saturated heterocycles. The van der Waals surface area contributed by atoms with Gasteiger partial charge in [-0.3, -0.25) is 9.59 Å². The van der Waals surface area contributed by atoms with Crippen molar-refractivity contribution in [3.63, 3.8) is 0 Å². The SMILES string of the molecule is CCCCCCCC/C=C\CCCCCCCCCCCC(=O)OCCCCCCCCCCCCCCCCCCCCCCCCCCCCCC(=O)NC(CO)C(O)/C=C/CCCCCCCCCCCCCCCCCCCCCC. The molecule has 0 rings (SSSR count). The van der Waals surface area contributed by atoms with Crippen LogP contribution in [0.25, 0.3) is 0 Å². The van der Waals surface area contributed by atoms with Crippen LogP contribution in [-0.2, 0) is 14.3 Å². The molecule has 0 saturated carbocycles. The number of aliphatic hydroxyl groups is 2. The molecule has 0 spiro atoms. The second-order valence-corrected chi connectivity index (χ2v) is 27.0. The van der Waals surface area contributed by atoms with E-state index in [9.17, 15) is 19.8 Å². The molecule has 0 heterocycles. The number of amides is 1. The topological polar surface area (TPSA) is 95.9 Å². The van der Waals surface area contributed by atoms with Crippen LogP contribution in [0.3, 0.4) is 0 Å². The molecule has 6 nitrogen and oxygen atoms in total. The maximum atomic E-state index is 12.5. The molecule has 0 radical (unpaired) electrons. The zero-order valence-electron chi connectivity index (χ0n) is 57.9. The third kappa shape index (κ3) is 71.3. The number of rotatable bonds is 74. The summed E-state index contributed by atoms with van der Waals surface area (Å²) in [5.41, 5.74) is 0. The summed E-state index contributed by atoms with van der Waals surface area (Å²) in [6, 6.07) is -0.627. The highest BCUT2D eigenvalue weighted by molar-refractivity contribution is 5.76. The maximum absolute atomic E-state index is 12.5. The van der Waals surface area contributed by atoms with Crippen molar-refractivity contribution in [2.75, 3.05) is 13.2 Å². The van der Waals surface area contributed by atoms with Crippen LogP contribution in [0.15, 0.2) is 24.3 Å². The first-order valence-electron chi connectivity index (χ1n) is 39.1. The first kappa shape index (κ1) is 83.3. The lowest BCUT2D eigenvalue weighted by molar-refractivity contribution is -0.143. The van der Waals surface area contributed by atoms with E-state index in [1.165, 1.54) is 379 Å². The van der Waals surface area contributed by atoms with Crippen LogP contribution >= 0.6 is 0 Å². The van der Waals surface area contributed by atoms with Gasteiger partial charge in [0.25, 0.3) is 0 Å². The van der Waals surface area contributed by atoms with E-state index in [-0.39, 0.29) is 18.5 Å². The number of carbonyl (C=O) groups excluding carboxylic acids is 2. The fourth-order valence-electron chi connectivity index (χ4n) is 12.5. The molecule has 0 fully saturated rings. The summed E-state index contributed by atoms with van der Waals surface area (Å²) in [4.78, 5) is 24.7. The average Bonchev–Trinajstić information content (AvgIpc) is 3.51. The lowest BCUT2D eigenvalue weighted by Crippen LogP contribution is -2.45. The van der Waals surface area contributed by atoms with Crippen molar-refractivity contribution >= 4 is 11.9 Å². The summed E-state index contributed by atoms with van der Waals surface area (Å²) in [5, 5.41) is 23.3. The monoisotopic (exact) mass is 1200 g/mol. The second-order valence-electron chi connectivity index (χ2n) is 27.0. The van der Waals surface area contributed by atoms with Gasteiger partial charge in [-0.05, 0) is 57.8 Å². The minimum atomic E-state index is -0.844. The summed E-state index contributed by atoms with van der Waals surface area (Å²) >= 11 is 0. The van der Waals surface area contributed by atoms with Crippen LogP contribution in [0.1, 0.15) is 444 Å². The van der Waals surface area contributed by atoms with Crippen LogP contribution in [-0.4, -0.2) is 47.4 Å². The Hall–Kier alpha value is -1.66. The number of allylic oxidation sites excluding steroid dienone is 3. The van der Waals surface area contributed by atoms with Crippen molar-refractivity contribution in [1.29, 1.82) is 0 Å². The van der Waals surface area contributed by atoms with Gasteiger partial charge >= 0.3 is 5.97 Å². The van der Waals surface area contributed by atoms with Crippen LogP contribution in [0.2, 0.25) is 0 Å². The summed E-state index contributed by atoms with van der Waals surface area (Å²) in [5.74, 6) is -0.0419. The normalized spacial score (nSPS) is 12.6. The van der Waals surface area contributed by atoms with Gasteiger partial charge in [0.1, 0.15) is 0 Å². The number of unbranched alkanes of at least 4 members (excludes halogenated alkanes) is 61. The molecule has 0 aromatic rings. The van der Waals surface area contributed by atoms with E-state index in [4.69, 9.17) is 4.74 Å². The van der Waals surface area contributed by atoms with Gasteiger partial charge in [-0.15, -0.1) is 0 Å². The fraction of sp³-hybridized carbons (Fsp3) is 0.924. The molecule has 0 bridgehead atoms. The molecule has 0 aliphatic carbocycles. The lowest BCUT2D eigenvalue weighted by atomic mass is 10.0. The largest absolute Gasteiger partial charge is 0.466 e. The van der Waals surface area contributed by atoms with E-state index in [2.05, 4.69) is 31.3 Å². The summed E-state index contributed by atoms with van der Waals surface area (Å²) < 4.78 is 5.52. The van der Waals surface area contributed by atoms with Gasteiger partial charge in [-0.2, -0.15) is 0 Å².